The van der Waals surface area contributed by atoms with Crippen molar-refractivity contribution in [3.63, 3.8) is 0 Å². The molecule has 0 saturated heterocycles. The zero-order chi connectivity index (χ0) is 8.81. The lowest BCUT2D eigenvalue weighted by molar-refractivity contribution is -0.143. The summed E-state index contributed by atoms with van der Waals surface area (Å²) >= 11 is 0. The Labute approximate surface area is 73.6 Å². The molecule has 0 atom stereocenters. The van der Waals surface area contributed by atoms with E-state index >= 15 is 0 Å². The van der Waals surface area contributed by atoms with Crippen molar-refractivity contribution in [2.45, 2.75) is 39.0 Å². The van der Waals surface area contributed by atoms with Crippen LogP contribution >= 0.6 is 0 Å². The molecule has 1 aliphatic carbocycles. The van der Waals surface area contributed by atoms with Crippen LogP contribution in [0.3, 0.4) is 0 Å². The fourth-order valence-electron chi connectivity index (χ4n) is 1.46. The van der Waals surface area contributed by atoms with Crippen LogP contribution in [0.15, 0.2) is 11.6 Å². The highest BCUT2D eigenvalue weighted by Crippen LogP contribution is 2.21. The minimum atomic E-state index is -0.0645. The van der Waals surface area contributed by atoms with Gasteiger partial charge in [-0.3, -0.25) is 4.79 Å². The van der Waals surface area contributed by atoms with Crippen molar-refractivity contribution in [3.05, 3.63) is 11.6 Å². The van der Waals surface area contributed by atoms with Crippen molar-refractivity contribution < 1.29 is 9.53 Å². The molecule has 0 radical (unpaired) electrons. The van der Waals surface area contributed by atoms with Crippen LogP contribution in [0.1, 0.15) is 39.0 Å². The molecule has 0 bridgehead atoms. The van der Waals surface area contributed by atoms with Crippen LogP contribution in [-0.4, -0.2) is 12.6 Å². The van der Waals surface area contributed by atoms with E-state index in [1.54, 1.807) is 0 Å². The molecule has 2 heteroatoms. The van der Waals surface area contributed by atoms with E-state index in [4.69, 9.17) is 4.74 Å². The molecule has 0 fully saturated rings. The van der Waals surface area contributed by atoms with Gasteiger partial charge in [-0.25, -0.2) is 0 Å². The Morgan fingerprint density at radius 2 is 2.50 bits per heavy atom. The second-order valence-electron chi connectivity index (χ2n) is 3.06. The summed E-state index contributed by atoms with van der Waals surface area (Å²) < 4.78 is 4.84. The first kappa shape index (κ1) is 9.30. The summed E-state index contributed by atoms with van der Waals surface area (Å²) in [6.45, 7) is 2.34. The molecule has 1 rings (SSSR count). The van der Waals surface area contributed by atoms with Gasteiger partial charge in [0.1, 0.15) is 0 Å². The molecule has 68 valence electrons. The van der Waals surface area contributed by atoms with Gasteiger partial charge in [0.25, 0.3) is 0 Å². The largest absolute Gasteiger partial charge is 0.466 e. The smallest absolute Gasteiger partial charge is 0.306 e. The summed E-state index contributed by atoms with van der Waals surface area (Å²) in [5.74, 6) is -0.0645. The lowest BCUT2D eigenvalue weighted by Crippen LogP contribution is -2.03. The molecule has 0 aliphatic heterocycles. The molecular weight excluding hydrogens is 152 g/mol. The predicted molar refractivity (Wildman–Crippen MR) is 47.8 cm³/mol. The van der Waals surface area contributed by atoms with Gasteiger partial charge < -0.3 is 4.74 Å². The van der Waals surface area contributed by atoms with E-state index in [0.29, 0.717) is 13.0 Å². The average Bonchev–Trinajstić information content (AvgIpc) is 2.53. The van der Waals surface area contributed by atoms with Gasteiger partial charge in [-0.15, -0.1) is 0 Å². The van der Waals surface area contributed by atoms with Crippen LogP contribution in [0.4, 0.5) is 0 Å². The second kappa shape index (κ2) is 4.96. The number of carbonyl (C=O) groups is 1. The zero-order valence-corrected chi connectivity index (χ0v) is 7.64. The SMILES string of the molecule is CCOC(=O)CCC1=CCCC1. The fourth-order valence-corrected chi connectivity index (χ4v) is 1.46. The number of esters is 1. The van der Waals surface area contributed by atoms with E-state index < -0.39 is 0 Å². The molecule has 0 N–H and O–H groups in total. The molecule has 2 nitrogen and oxygen atoms in total. The van der Waals surface area contributed by atoms with E-state index in [2.05, 4.69) is 6.08 Å². The summed E-state index contributed by atoms with van der Waals surface area (Å²) in [4.78, 5) is 11.0. The molecule has 1 aliphatic rings. The number of hydrogen-bond donors (Lipinski definition) is 0. The van der Waals surface area contributed by atoms with Gasteiger partial charge in [0, 0.05) is 6.42 Å². The zero-order valence-electron chi connectivity index (χ0n) is 7.64. The molecule has 0 aromatic heterocycles. The molecule has 0 amide bonds. The van der Waals surface area contributed by atoms with E-state index in [0.717, 1.165) is 6.42 Å². The minimum Gasteiger partial charge on any atom is -0.466 e. The minimum absolute atomic E-state index is 0.0645. The van der Waals surface area contributed by atoms with E-state index in [-0.39, 0.29) is 5.97 Å². The van der Waals surface area contributed by atoms with Gasteiger partial charge in [-0.2, -0.15) is 0 Å². The summed E-state index contributed by atoms with van der Waals surface area (Å²) in [6, 6.07) is 0. The summed E-state index contributed by atoms with van der Waals surface area (Å²) in [7, 11) is 0. The topological polar surface area (TPSA) is 26.3 Å². The van der Waals surface area contributed by atoms with E-state index in [9.17, 15) is 4.79 Å². The van der Waals surface area contributed by atoms with Gasteiger partial charge in [-0.1, -0.05) is 11.6 Å². The normalized spacial score (nSPS) is 15.9. The lowest BCUT2D eigenvalue weighted by Gasteiger charge is -2.01. The highest BCUT2D eigenvalue weighted by Gasteiger charge is 2.07. The third kappa shape index (κ3) is 3.07. The van der Waals surface area contributed by atoms with Gasteiger partial charge in [-0.05, 0) is 32.6 Å². The van der Waals surface area contributed by atoms with Crippen LogP contribution in [0.25, 0.3) is 0 Å². The summed E-state index contributed by atoms with van der Waals surface area (Å²) in [5.41, 5.74) is 1.43. The highest BCUT2D eigenvalue weighted by molar-refractivity contribution is 5.69. The first-order valence-electron chi connectivity index (χ1n) is 4.66. The van der Waals surface area contributed by atoms with Crippen LogP contribution < -0.4 is 0 Å². The van der Waals surface area contributed by atoms with Crippen molar-refractivity contribution in [3.8, 4) is 0 Å². The van der Waals surface area contributed by atoms with Crippen LogP contribution in [0.5, 0.6) is 0 Å². The van der Waals surface area contributed by atoms with Crippen LogP contribution in [-0.2, 0) is 9.53 Å². The van der Waals surface area contributed by atoms with Crippen molar-refractivity contribution in [1.29, 1.82) is 0 Å². The fraction of sp³-hybridized carbons (Fsp3) is 0.700. The number of carbonyl (C=O) groups excluding carboxylic acids is 1. The monoisotopic (exact) mass is 168 g/mol. The third-order valence-electron chi connectivity index (χ3n) is 2.09. The quantitative estimate of drug-likeness (QED) is 0.476. The third-order valence-corrected chi connectivity index (χ3v) is 2.09. The lowest BCUT2D eigenvalue weighted by atomic mass is 10.1. The molecule has 0 heterocycles. The van der Waals surface area contributed by atoms with Gasteiger partial charge in [0.05, 0.1) is 6.61 Å². The Bertz CT molecular complexity index is 182. The molecule has 12 heavy (non-hydrogen) atoms. The predicted octanol–water partition coefficient (Wildman–Crippen LogP) is 2.44. The Balaban J connectivity index is 2.12. The number of allylic oxidation sites excluding steroid dienone is 2. The Hall–Kier alpha value is -0.790. The van der Waals surface area contributed by atoms with Gasteiger partial charge in [0.2, 0.25) is 0 Å². The maximum absolute atomic E-state index is 11.0. The molecule has 0 saturated carbocycles. The first-order valence-corrected chi connectivity index (χ1v) is 4.66. The number of ether oxygens (including phenoxy) is 1. The second-order valence-corrected chi connectivity index (χ2v) is 3.06. The Kier molecular flexibility index (Phi) is 3.85. The highest BCUT2D eigenvalue weighted by atomic mass is 16.5. The maximum atomic E-state index is 11.0. The van der Waals surface area contributed by atoms with E-state index in [1.807, 2.05) is 6.92 Å². The maximum Gasteiger partial charge on any atom is 0.306 e. The molecule has 0 aromatic carbocycles. The summed E-state index contributed by atoms with van der Waals surface area (Å²) in [5, 5.41) is 0. The average molecular weight is 168 g/mol. The van der Waals surface area contributed by atoms with Crippen LogP contribution in [0.2, 0.25) is 0 Å². The van der Waals surface area contributed by atoms with E-state index in [1.165, 1.54) is 24.8 Å². The van der Waals surface area contributed by atoms with Gasteiger partial charge in [0.15, 0.2) is 0 Å². The summed E-state index contributed by atoms with van der Waals surface area (Å²) in [6.07, 6.45) is 7.34. The molecule has 0 unspecified atom stereocenters. The van der Waals surface area contributed by atoms with Crippen LogP contribution in [0, 0.1) is 0 Å². The van der Waals surface area contributed by atoms with Crippen molar-refractivity contribution >= 4 is 5.97 Å². The molecule has 0 aromatic rings. The molecule has 0 spiro atoms. The Morgan fingerprint density at radius 1 is 1.67 bits per heavy atom. The Morgan fingerprint density at radius 3 is 3.08 bits per heavy atom. The van der Waals surface area contributed by atoms with Crippen molar-refractivity contribution in [1.82, 2.24) is 0 Å². The standard InChI is InChI=1S/C10H16O2/c1-2-12-10(11)8-7-9-5-3-4-6-9/h5H,2-4,6-8H2,1H3. The van der Waals surface area contributed by atoms with Crippen molar-refractivity contribution in [2.24, 2.45) is 0 Å². The first-order chi connectivity index (χ1) is 5.83. The van der Waals surface area contributed by atoms with Crippen molar-refractivity contribution in [2.75, 3.05) is 6.61 Å². The number of hydrogen-bond acceptors (Lipinski definition) is 2. The van der Waals surface area contributed by atoms with Gasteiger partial charge >= 0.3 is 5.97 Å². The number of rotatable bonds is 4. The molecular formula is C10H16O2.